The Hall–Kier alpha value is -0.530. The summed E-state index contributed by atoms with van der Waals surface area (Å²) in [5.41, 5.74) is 1.33. The van der Waals surface area contributed by atoms with Gasteiger partial charge in [-0.15, -0.1) is 0 Å². The standard InChI is InChI=1S/C16H24ClN/c1-13(15-8-10-16(17)11-9-15)18-12-14-6-4-2-3-5-7-14/h8-11,13-14,18H,2-7,12H2,1H3. The van der Waals surface area contributed by atoms with Crippen LogP contribution in [0.4, 0.5) is 0 Å². The number of halogens is 1. The van der Waals surface area contributed by atoms with Crippen LogP contribution in [0.5, 0.6) is 0 Å². The Morgan fingerprint density at radius 2 is 1.72 bits per heavy atom. The first-order valence-electron chi connectivity index (χ1n) is 7.24. The highest BCUT2D eigenvalue weighted by atomic mass is 35.5. The molecule has 0 radical (unpaired) electrons. The van der Waals surface area contributed by atoms with Crippen molar-refractivity contribution < 1.29 is 0 Å². The Morgan fingerprint density at radius 3 is 2.33 bits per heavy atom. The summed E-state index contributed by atoms with van der Waals surface area (Å²) in [6.07, 6.45) is 8.51. The van der Waals surface area contributed by atoms with Crippen molar-refractivity contribution >= 4 is 11.6 Å². The minimum Gasteiger partial charge on any atom is -0.310 e. The summed E-state index contributed by atoms with van der Waals surface area (Å²) in [5, 5.41) is 4.49. The van der Waals surface area contributed by atoms with E-state index in [0.717, 1.165) is 17.5 Å². The van der Waals surface area contributed by atoms with Crippen molar-refractivity contribution in [3.63, 3.8) is 0 Å². The smallest absolute Gasteiger partial charge is 0.0406 e. The van der Waals surface area contributed by atoms with E-state index in [-0.39, 0.29) is 0 Å². The lowest BCUT2D eigenvalue weighted by molar-refractivity contribution is 0.403. The molecule has 0 amide bonds. The predicted molar refractivity (Wildman–Crippen MR) is 79.1 cm³/mol. The molecule has 2 rings (SSSR count). The average molecular weight is 266 g/mol. The number of hydrogen-bond acceptors (Lipinski definition) is 1. The van der Waals surface area contributed by atoms with E-state index in [2.05, 4.69) is 24.4 Å². The number of nitrogens with one attached hydrogen (secondary N) is 1. The van der Waals surface area contributed by atoms with Gasteiger partial charge in [0.25, 0.3) is 0 Å². The van der Waals surface area contributed by atoms with Gasteiger partial charge in [-0.25, -0.2) is 0 Å². The molecular weight excluding hydrogens is 242 g/mol. The zero-order valence-electron chi connectivity index (χ0n) is 11.3. The Kier molecular flexibility index (Phi) is 5.52. The SMILES string of the molecule is CC(NCC1CCCCCC1)c1ccc(Cl)cc1. The molecule has 2 heteroatoms. The van der Waals surface area contributed by atoms with Crippen LogP contribution in [-0.4, -0.2) is 6.54 Å². The third kappa shape index (κ3) is 4.29. The van der Waals surface area contributed by atoms with Crippen LogP contribution in [0, 0.1) is 5.92 Å². The van der Waals surface area contributed by atoms with Crippen LogP contribution in [0.3, 0.4) is 0 Å². The highest BCUT2D eigenvalue weighted by Crippen LogP contribution is 2.23. The van der Waals surface area contributed by atoms with Crippen molar-refractivity contribution in [1.82, 2.24) is 5.32 Å². The van der Waals surface area contributed by atoms with Crippen molar-refractivity contribution in [2.45, 2.75) is 51.5 Å². The molecule has 1 aliphatic carbocycles. The van der Waals surface area contributed by atoms with Crippen LogP contribution in [-0.2, 0) is 0 Å². The van der Waals surface area contributed by atoms with Crippen LogP contribution in [0.1, 0.15) is 57.1 Å². The topological polar surface area (TPSA) is 12.0 Å². The van der Waals surface area contributed by atoms with Gasteiger partial charge in [-0.3, -0.25) is 0 Å². The third-order valence-corrected chi connectivity index (χ3v) is 4.31. The van der Waals surface area contributed by atoms with Crippen molar-refractivity contribution in [1.29, 1.82) is 0 Å². The van der Waals surface area contributed by atoms with Gasteiger partial charge in [-0.1, -0.05) is 49.4 Å². The summed E-state index contributed by atoms with van der Waals surface area (Å²) in [4.78, 5) is 0. The molecule has 1 unspecified atom stereocenters. The number of rotatable bonds is 4. The molecule has 0 saturated heterocycles. The molecule has 1 N–H and O–H groups in total. The Morgan fingerprint density at radius 1 is 1.11 bits per heavy atom. The van der Waals surface area contributed by atoms with Gasteiger partial charge in [0, 0.05) is 11.1 Å². The summed E-state index contributed by atoms with van der Waals surface area (Å²) in [6.45, 7) is 3.39. The Labute approximate surface area is 116 Å². The fourth-order valence-electron chi connectivity index (χ4n) is 2.78. The Bertz CT molecular complexity index is 339. The van der Waals surface area contributed by atoms with Crippen molar-refractivity contribution in [3.05, 3.63) is 34.9 Å². The van der Waals surface area contributed by atoms with Gasteiger partial charge >= 0.3 is 0 Å². The molecule has 0 aliphatic heterocycles. The maximum Gasteiger partial charge on any atom is 0.0406 e. The van der Waals surface area contributed by atoms with Crippen LogP contribution in [0.25, 0.3) is 0 Å². The van der Waals surface area contributed by atoms with E-state index in [0.29, 0.717) is 6.04 Å². The molecule has 100 valence electrons. The van der Waals surface area contributed by atoms with Gasteiger partial charge in [-0.05, 0) is 49.9 Å². The van der Waals surface area contributed by atoms with Gasteiger partial charge < -0.3 is 5.32 Å². The second kappa shape index (κ2) is 7.16. The molecule has 1 aromatic carbocycles. The van der Waals surface area contributed by atoms with Crippen molar-refractivity contribution in [2.75, 3.05) is 6.54 Å². The zero-order chi connectivity index (χ0) is 12.8. The minimum absolute atomic E-state index is 0.422. The molecular formula is C16H24ClN. The van der Waals surface area contributed by atoms with Crippen LogP contribution in [0.15, 0.2) is 24.3 Å². The summed E-state index contributed by atoms with van der Waals surface area (Å²) in [5.74, 6) is 0.877. The lowest BCUT2D eigenvalue weighted by atomic mass is 9.99. The molecule has 18 heavy (non-hydrogen) atoms. The normalized spacial score (nSPS) is 19.4. The summed E-state index contributed by atoms with van der Waals surface area (Å²) < 4.78 is 0. The van der Waals surface area contributed by atoms with E-state index >= 15 is 0 Å². The first-order valence-corrected chi connectivity index (χ1v) is 7.62. The molecule has 1 nitrogen and oxygen atoms in total. The molecule has 0 aromatic heterocycles. The lowest BCUT2D eigenvalue weighted by Gasteiger charge is -2.19. The quantitative estimate of drug-likeness (QED) is 0.759. The number of hydrogen-bond donors (Lipinski definition) is 1. The second-order valence-electron chi connectivity index (χ2n) is 5.54. The maximum atomic E-state index is 5.91. The van der Waals surface area contributed by atoms with E-state index in [1.165, 1.54) is 44.1 Å². The number of benzene rings is 1. The van der Waals surface area contributed by atoms with Crippen molar-refractivity contribution in [2.24, 2.45) is 5.92 Å². The van der Waals surface area contributed by atoms with Gasteiger partial charge in [0.15, 0.2) is 0 Å². The highest BCUT2D eigenvalue weighted by molar-refractivity contribution is 6.30. The average Bonchev–Trinajstić information content (AvgIpc) is 2.65. The maximum absolute atomic E-state index is 5.91. The fraction of sp³-hybridized carbons (Fsp3) is 0.625. The van der Waals surface area contributed by atoms with Crippen molar-refractivity contribution in [3.8, 4) is 0 Å². The van der Waals surface area contributed by atoms with E-state index in [4.69, 9.17) is 11.6 Å². The first kappa shape index (κ1) is 13.9. The Balaban J connectivity index is 1.80. The lowest BCUT2D eigenvalue weighted by Crippen LogP contribution is -2.25. The van der Waals surface area contributed by atoms with E-state index in [1.807, 2.05) is 12.1 Å². The molecule has 1 fully saturated rings. The summed E-state index contributed by atoms with van der Waals surface area (Å²) in [6, 6.07) is 8.60. The highest BCUT2D eigenvalue weighted by Gasteiger charge is 2.13. The molecule has 1 atom stereocenters. The van der Waals surface area contributed by atoms with E-state index in [1.54, 1.807) is 0 Å². The summed E-state index contributed by atoms with van der Waals surface area (Å²) >= 11 is 5.91. The van der Waals surface area contributed by atoms with E-state index in [9.17, 15) is 0 Å². The van der Waals surface area contributed by atoms with Crippen LogP contribution in [0.2, 0.25) is 5.02 Å². The van der Waals surface area contributed by atoms with Gasteiger partial charge in [0.1, 0.15) is 0 Å². The molecule has 0 heterocycles. The fourth-order valence-corrected chi connectivity index (χ4v) is 2.91. The minimum atomic E-state index is 0.422. The monoisotopic (exact) mass is 265 g/mol. The second-order valence-corrected chi connectivity index (χ2v) is 5.98. The van der Waals surface area contributed by atoms with Gasteiger partial charge in [0.05, 0.1) is 0 Å². The van der Waals surface area contributed by atoms with Crippen LogP contribution >= 0.6 is 11.6 Å². The van der Waals surface area contributed by atoms with Crippen LogP contribution < -0.4 is 5.32 Å². The largest absolute Gasteiger partial charge is 0.310 e. The van der Waals surface area contributed by atoms with Gasteiger partial charge in [0.2, 0.25) is 0 Å². The molecule has 1 aliphatic rings. The first-order chi connectivity index (χ1) is 8.75. The molecule has 0 bridgehead atoms. The predicted octanol–water partition coefficient (Wildman–Crippen LogP) is 4.96. The summed E-state index contributed by atoms with van der Waals surface area (Å²) in [7, 11) is 0. The third-order valence-electron chi connectivity index (χ3n) is 4.06. The van der Waals surface area contributed by atoms with Gasteiger partial charge in [-0.2, -0.15) is 0 Å². The molecule has 1 saturated carbocycles. The molecule has 1 aromatic rings. The zero-order valence-corrected chi connectivity index (χ0v) is 12.0. The van der Waals surface area contributed by atoms with E-state index < -0.39 is 0 Å². The molecule has 0 spiro atoms.